The van der Waals surface area contributed by atoms with Crippen molar-refractivity contribution >= 4 is 40.3 Å². The van der Waals surface area contributed by atoms with Gasteiger partial charge >= 0.3 is 0 Å². The number of thiophene rings is 2. The standard InChI is InChI=1S/C19H21N3O2S3/c1-11-5-6-15-13(8-11)9-16(27-15)18-21-22-19(24-18)26-10-17(23)20-12(2)14-4-3-7-25-14/h3-4,7,9,11-12H,5-6,8,10H2,1-2H3,(H,20,23)/t11-,12-/m1/s1. The number of rotatable bonds is 6. The first kappa shape index (κ1) is 18.7. The molecule has 5 nitrogen and oxygen atoms in total. The molecular formula is C19H21N3O2S3. The summed E-state index contributed by atoms with van der Waals surface area (Å²) in [4.78, 5) is 15.8. The predicted molar refractivity (Wildman–Crippen MR) is 110 cm³/mol. The van der Waals surface area contributed by atoms with Gasteiger partial charge in [-0.3, -0.25) is 4.79 Å². The Labute approximate surface area is 170 Å². The number of nitrogens with zero attached hydrogens (tertiary/aromatic N) is 2. The molecule has 0 aliphatic heterocycles. The van der Waals surface area contributed by atoms with Crippen LogP contribution in [0.1, 0.15) is 41.6 Å². The molecule has 27 heavy (non-hydrogen) atoms. The molecule has 1 N–H and O–H groups in total. The van der Waals surface area contributed by atoms with Gasteiger partial charge in [-0.05, 0) is 55.2 Å². The van der Waals surface area contributed by atoms with E-state index < -0.39 is 0 Å². The molecule has 3 aromatic rings. The maximum Gasteiger partial charge on any atom is 0.277 e. The first-order chi connectivity index (χ1) is 13.1. The average Bonchev–Trinajstić information content (AvgIpc) is 3.38. The number of thioether (sulfide) groups is 1. The summed E-state index contributed by atoms with van der Waals surface area (Å²) in [5.74, 6) is 1.51. The van der Waals surface area contributed by atoms with Crippen molar-refractivity contribution in [2.75, 3.05) is 5.75 Å². The number of fused-ring (bicyclic) bond motifs is 1. The summed E-state index contributed by atoms with van der Waals surface area (Å²) in [5.41, 5.74) is 1.42. The van der Waals surface area contributed by atoms with E-state index in [-0.39, 0.29) is 17.7 Å². The number of carbonyl (C=O) groups is 1. The zero-order valence-corrected chi connectivity index (χ0v) is 17.7. The Morgan fingerprint density at radius 1 is 1.48 bits per heavy atom. The maximum absolute atomic E-state index is 12.1. The Morgan fingerprint density at radius 2 is 2.37 bits per heavy atom. The van der Waals surface area contributed by atoms with Crippen molar-refractivity contribution in [1.29, 1.82) is 0 Å². The lowest BCUT2D eigenvalue weighted by molar-refractivity contribution is -0.119. The topological polar surface area (TPSA) is 68.0 Å². The van der Waals surface area contributed by atoms with Crippen molar-refractivity contribution in [2.45, 2.75) is 44.4 Å². The summed E-state index contributed by atoms with van der Waals surface area (Å²) >= 11 is 4.66. The monoisotopic (exact) mass is 419 g/mol. The minimum absolute atomic E-state index is 0.0103. The summed E-state index contributed by atoms with van der Waals surface area (Å²) in [7, 11) is 0. The smallest absolute Gasteiger partial charge is 0.277 e. The fourth-order valence-corrected chi connectivity index (χ4v) is 5.64. The molecule has 4 rings (SSSR count). The van der Waals surface area contributed by atoms with Crippen molar-refractivity contribution in [1.82, 2.24) is 15.5 Å². The van der Waals surface area contributed by atoms with Crippen LogP contribution in [0.25, 0.3) is 10.8 Å². The lowest BCUT2D eigenvalue weighted by Crippen LogP contribution is -2.27. The third kappa shape index (κ3) is 4.44. The van der Waals surface area contributed by atoms with Gasteiger partial charge < -0.3 is 9.73 Å². The fourth-order valence-electron chi connectivity index (χ4n) is 3.20. The van der Waals surface area contributed by atoms with Crippen LogP contribution in [0.5, 0.6) is 0 Å². The largest absolute Gasteiger partial charge is 0.410 e. The molecule has 8 heteroatoms. The van der Waals surface area contributed by atoms with Crippen molar-refractivity contribution in [3.8, 4) is 10.8 Å². The Morgan fingerprint density at radius 3 is 3.19 bits per heavy atom. The Bertz CT molecular complexity index is 917. The minimum atomic E-state index is -0.0405. The maximum atomic E-state index is 12.1. The number of carbonyl (C=O) groups excluding carboxylic acids is 1. The molecule has 0 unspecified atom stereocenters. The summed E-state index contributed by atoms with van der Waals surface area (Å²) in [6, 6.07) is 6.21. The molecule has 142 valence electrons. The highest BCUT2D eigenvalue weighted by molar-refractivity contribution is 7.99. The first-order valence-corrected chi connectivity index (χ1v) is 11.7. The van der Waals surface area contributed by atoms with Crippen molar-refractivity contribution in [3.63, 3.8) is 0 Å². The van der Waals surface area contributed by atoms with E-state index in [9.17, 15) is 4.79 Å². The van der Waals surface area contributed by atoms with Gasteiger partial charge in [-0.2, -0.15) is 0 Å². The second-order valence-electron chi connectivity index (χ2n) is 6.87. The summed E-state index contributed by atoms with van der Waals surface area (Å²) in [6.07, 6.45) is 3.51. The third-order valence-electron chi connectivity index (χ3n) is 4.62. The quantitative estimate of drug-likeness (QED) is 0.572. The van der Waals surface area contributed by atoms with Crippen LogP contribution in [0, 0.1) is 5.92 Å². The summed E-state index contributed by atoms with van der Waals surface area (Å²) in [5, 5.41) is 13.7. The molecule has 0 aromatic carbocycles. The minimum Gasteiger partial charge on any atom is -0.410 e. The second-order valence-corrected chi connectivity index (χ2v) is 9.92. The molecule has 3 aromatic heterocycles. The van der Waals surface area contributed by atoms with E-state index in [0.29, 0.717) is 11.1 Å². The van der Waals surface area contributed by atoms with Gasteiger partial charge in [0.25, 0.3) is 11.1 Å². The van der Waals surface area contributed by atoms with Gasteiger partial charge in [-0.15, -0.1) is 32.9 Å². The van der Waals surface area contributed by atoms with Gasteiger partial charge in [0.2, 0.25) is 5.91 Å². The average molecular weight is 420 g/mol. The fraction of sp³-hybridized carbons (Fsp3) is 0.421. The van der Waals surface area contributed by atoms with Gasteiger partial charge in [0, 0.05) is 9.75 Å². The second kappa shape index (κ2) is 8.16. The molecule has 2 atom stereocenters. The van der Waals surface area contributed by atoms with Crippen LogP contribution in [-0.2, 0) is 17.6 Å². The van der Waals surface area contributed by atoms with Gasteiger partial charge in [-0.25, -0.2) is 0 Å². The Kier molecular flexibility index (Phi) is 5.66. The molecule has 0 saturated heterocycles. The molecule has 1 amide bonds. The SMILES string of the molecule is C[C@@H]1CCc2sc(-c3nnc(SCC(=O)N[C@H](C)c4cccs4)o3)cc2C1. The van der Waals surface area contributed by atoms with Crippen molar-refractivity contribution in [2.24, 2.45) is 5.92 Å². The molecule has 0 spiro atoms. The normalized spacial score (nSPS) is 17.5. The predicted octanol–water partition coefficient (Wildman–Crippen LogP) is 4.95. The first-order valence-electron chi connectivity index (χ1n) is 8.99. The molecule has 1 aliphatic carbocycles. The molecule has 0 saturated carbocycles. The van der Waals surface area contributed by atoms with Gasteiger partial charge in [0.15, 0.2) is 0 Å². The lowest BCUT2D eigenvalue weighted by atomic mass is 9.90. The van der Waals surface area contributed by atoms with E-state index in [0.717, 1.165) is 28.5 Å². The zero-order chi connectivity index (χ0) is 18.8. The summed E-state index contributed by atoms with van der Waals surface area (Å²) < 4.78 is 5.78. The van der Waals surface area contributed by atoms with E-state index >= 15 is 0 Å². The van der Waals surface area contributed by atoms with Crippen LogP contribution >= 0.6 is 34.4 Å². The highest BCUT2D eigenvalue weighted by Gasteiger charge is 2.21. The highest BCUT2D eigenvalue weighted by atomic mass is 32.2. The van der Waals surface area contributed by atoms with Crippen molar-refractivity contribution in [3.05, 3.63) is 38.9 Å². The molecule has 3 heterocycles. The van der Waals surface area contributed by atoms with E-state index in [1.54, 1.807) is 22.7 Å². The van der Waals surface area contributed by atoms with Crippen LogP contribution in [0.3, 0.4) is 0 Å². The zero-order valence-electron chi connectivity index (χ0n) is 15.2. The van der Waals surface area contributed by atoms with Crippen LogP contribution in [0.15, 0.2) is 33.2 Å². The van der Waals surface area contributed by atoms with Crippen LogP contribution in [0.2, 0.25) is 0 Å². The van der Waals surface area contributed by atoms with Gasteiger partial charge in [0.05, 0.1) is 16.7 Å². The van der Waals surface area contributed by atoms with Gasteiger partial charge in [-0.1, -0.05) is 24.8 Å². The number of amides is 1. The molecule has 0 fully saturated rings. The number of hydrogen-bond acceptors (Lipinski definition) is 7. The summed E-state index contributed by atoms with van der Waals surface area (Å²) in [6.45, 7) is 4.28. The van der Waals surface area contributed by atoms with Crippen molar-refractivity contribution < 1.29 is 9.21 Å². The van der Waals surface area contributed by atoms with Crippen LogP contribution < -0.4 is 5.32 Å². The molecule has 0 radical (unpaired) electrons. The number of hydrogen-bond donors (Lipinski definition) is 1. The lowest BCUT2D eigenvalue weighted by Gasteiger charge is -2.16. The van der Waals surface area contributed by atoms with E-state index in [4.69, 9.17) is 4.42 Å². The van der Waals surface area contributed by atoms with Crippen LogP contribution in [0.4, 0.5) is 0 Å². The van der Waals surface area contributed by atoms with E-state index in [1.807, 2.05) is 24.4 Å². The van der Waals surface area contributed by atoms with E-state index in [1.165, 1.54) is 28.6 Å². The Hall–Kier alpha value is -1.64. The Balaban J connectivity index is 1.34. The third-order valence-corrected chi connectivity index (χ3v) is 7.72. The number of nitrogens with one attached hydrogen (secondary N) is 1. The molecular weight excluding hydrogens is 398 g/mol. The number of aromatic nitrogens is 2. The van der Waals surface area contributed by atoms with E-state index in [2.05, 4.69) is 28.5 Å². The van der Waals surface area contributed by atoms with Crippen LogP contribution in [-0.4, -0.2) is 21.9 Å². The number of aryl methyl sites for hydroxylation is 1. The molecule has 0 bridgehead atoms. The highest BCUT2D eigenvalue weighted by Crippen LogP contribution is 2.37. The molecule has 1 aliphatic rings. The van der Waals surface area contributed by atoms with Gasteiger partial charge in [0.1, 0.15) is 0 Å².